The summed E-state index contributed by atoms with van der Waals surface area (Å²) in [5, 5.41) is 0.913. The van der Waals surface area contributed by atoms with Crippen LogP contribution in [0.4, 0.5) is 0 Å². The van der Waals surface area contributed by atoms with Gasteiger partial charge in [-0.3, -0.25) is 0 Å². The number of thioether (sulfide) groups is 1. The molecule has 1 heterocycles. The second kappa shape index (κ2) is 5.35. The summed E-state index contributed by atoms with van der Waals surface area (Å²) < 4.78 is 0. The maximum atomic E-state index is 4.54. The molecule has 3 heteroatoms. The first-order chi connectivity index (χ1) is 6.76. The van der Waals surface area contributed by atoms with Crippen LogP contribution >= 0.6 is 11.8 Å². The molecule has 0 fully saturated rings. The zero-order chi connectivity index (χ0) is 10.6. The van der Waals surface area contributed by atoms with Gasteiger partial charge in [-0.25, -0.2) is 9.97 Å². The number of hydrogen-bond donors (Lipinski definition) is 0. The molecule has 0 bridgehead atoms. The Morgan fingerprint density at radius 1 is 0.929 bits per heavy atom. The number of hydrogen-bond acceptors (Lipinski definition) is 3. The van der Waals surface area contributed by atoms with Crippen LogP contribution in [0.1, 0.15) is 37.7 Å². The molecule has 0 atom stereocenters. The maximum Gasteiger partial charge on any atom is 0.187 e. The average molecular weight is 210 g/mol. The van der Waals surface area contributed by atoms with Crippen molar-refractivity contribution in [3.05, 3.63) is 17.0 Å². The number of nitrogens with zero attached hydrogens (tertiary/aromatic N) is 2. The molecule has 14 heavy (non-hydrogen) atoms. The largest absolute Gasteiger partial charge is 0.227 e. The molecule has 0 amide bonds. The number of rotatable bonds is 4. The van der Waals surface area contributed by atoms with Gasteiger partial charge in [0.05, 0.1) is 0 Å². The van der Waals surface area contributed by atoms with Crippen molar-refractivity contribution in [1.82, 2.24) is 9.97 Å². The Morgan fingerprint density at radius 3 is 1.71 bits per heavy atom. The molecule has 0 saturated carbocycles. The molecular formula is C11H18N2S. The second-order valence-electron chi connectivity index (χ2n) is 3.14. The third-order valence-corrected chi connectivity index (χ3v) is 2.91. The van der Waals surface area contributed by atoms with E-state index in [9.17, 15) is 0 Å². The van der Waals surface area contributed by atoms with Crippen molar-refractivity contribution in [2.45, 2.75) is 45.2 Å². The summed E-state index contributed by atoms with van der Waals surface area (Å²) in [5.41, 5.74) is 3.81. The molecule has 0 unspecified atom stereocenters. The van der Waals surface area contributed by atoms with Crippen molar-refractivity contribution in [3.8, 4) is 0 Å². The van der Waals surface area contributed by atoms with Gasteiger partial charge in [-0.15, -0.1) is 0 Å². The Hall–Kier alpha value is -0.570. The van der Waals surface area contributed by atoms with Crippen molar-refractivity contribution in [2.75, 3.05) is 6.26 Å². The van der Waals surface area contributed by atoms with E-state index in [4.69, 9.17) is 0 Å². The molecule has 0 spiro atoms. The van der Waals surface area contributed by atoms with E-state index in [2.05, 4.69) is 30.7 Å². The summed E-state index contributed by atoms with van der Waals surface area (Å²) in [6, 6.07) is 0. The number of aryl methyl sites for hydroxylation is 2. The van der Waals surface area contributed by atoms with Crippen molar-refractivity contribution < 1.29 is 0 Å². The van der Waals surface area contributed by atoms with Crippen LogP contribution in [0.2, 0.25) is 0 Å². The van der Waals surface area contributed by atoms with Gasteiger partial charge in [0.1, 0.15) is 0 Å². The molecule has 0 radical (unpaired) electrons. The highest BCUT2D eigenvalue weighted by Gasteiger charge is 2.09. The predicted octanol–water partition coefficient (Wildman–Crippen LogP) is 2.89. The van der Waals surface area contributed by atoms with Gasteiger partial charge < -0.3 is 0 Å². The quantitative estimate of drug-likeness (QED) is 0.564. The van der Waals surface area contributed by atoms with Gasteiger partial charge in [0.25, 0.3) is 0 Å². The Kier molecular flexibility index (Phi) is 4.39. The van der Waals surface area contributed by atoms with Crippen LogP contribution in [0.5, 0.6) is 0 Å². The lowest BCUT2D eigenvalue weighted by molar-refractivity contribution is 0.800. The lowest BCUT2D eigenvalue weighted by Crippen LogP contribution is -2.05. The number of aromatic nitrogens is 2. The average Bonchev–Trinajstić information content (AvgIpc) is 2.26. The molecule has 0 N–H and O–H groups in total. The monoisotopic (exact) mass is 210 g/mol. The molecule has 2 nitrogen and oxygen atoms in total. The van der Waals surface area contributed by atoms with Crippen LogP contribution in [0.15, 0.2) is 5.16 Å². The Bertz CT molecular complexity index is 285. The fraction of sp³-hybridized carbons (Fsp3) is 0.636. The normalized spacial score (nSPS) is 10.6. The van der Waals surface area contributed by atoms with Crippen molar-refractivity contribution in [3.63, 3.8) is 0 Å². The van der Waals surface area contributed by atoms with E-state index in [1.807, 2.05) is 6.26 Å². The Labute approximate surface area is 90.5 Å². The third-order valence-electron chi connectivity index (χ3n) is 2.36. The maximum absolute atomic E-state index is 4.54. The van der Waals surface area contributed by atoms with Crippen LogP contribution in [0.25, 0.3) is 0 Å². The first-order valence-electron chi connectivity index (χ1n) is 5.19. The fourth-order valence-electron chi connectivity index (χ4n) is 1.64. The minimum absolute atomic E-state index is 0.913. The van der Waals surface area contributed by atoms with Gasteiger partial charge in [-0.05, 0) is 31.1 Å². The highest BCUT2D eigenvalue weighted by Crippen LogP contribution is 2.18. The minimum Gasteiger partial charge on any atom is -0.227 e. The van der Waals surface area contributed by atoms with Gasteiger partial charge in [0.2, 0.25) is 0 Å². The summed E-state index contributed by atoms with van der Waals surface area (Å²) >= 11 is 1.62. The Morgan fingerprint density at radius 2 is 1.43 bits per heavy atom. The molecule has 78 valence electrons. The van der Waals surface area contributed by atoms with Gasteiger partial charge >= 0.3 is 0 Å². The van der Waals surface area contributed by atoms with E-state index in [0.717, 1.165) is 24.4 Å². The van der Waals surface area contributed by atoms with E-state index in [1.165, 1.54) is 17.0 Å². The summed E-state index contributed by atoms with van der Waals surface area (Å²) in [5.74, 6) is 0. The van der Waals surface area contributed by atoms with E-state index in [1.54, 1.807) is 11.8 Å². The molecule has 1 rings (SSSR count). The predicted molar refractivity (Wildman–Crippen MR) is 61.9 cm³/mol. The van der Waals surface area contributed by atoms with Crippen LogP contribution in [0, 0.1) is 0 Å². The molecule has 1 aromatic rings. The van der Waals surface area contributed by atoms with E-state index in [0.29, 0.717) is 0 Å². The summed E-state index contributed by atoms with van der Waals surface area (Å²) in [4.78, 5) is 9.08. The first-order valence-corrected chi connectivity index (χ1v) is 6.41. The first kappa shape index (κ1) is 11.5. The molecular weight excluding hydrogens is 192 g/mol. The van der Waals surface area contributed by atoms with E-state index in [-0.39, 0.29) is 0 Å². The van der Waals surface area contributed by atoms with Gasteiger partial charge in [0.15, 0.2) is 5.16 Å². The topological polar surface area (TPSA) is 25.8 Å². The summed E-state index contributed by atoms with van der Waals surface area (Å²) in [6.45, 7) is 6.49. The summed E-state index contributed by atoms with van der Waals surface area (Å²) in [7, 11) is 0. The lowest BCUT2D eigenvalue weighted by atomic mass is 10.1. The van der Waals surface area contributed by atoms with Gasteiger partial charge in [-0.2, -0.15) is 0 Å². The molecule has 1 aromatic heterocycles. The summed E-state index contributed by atoms with van der Waals surface area (Å²) in [6.07, 6.45) is 5.08. The minimum atomic E-state index is 0.913. The smallest absolute Gasteiger partial charge is 0.187 e. The fourth-order valence-corrected chi connectivity index (χ4v) is 2.04. The van der Waals surface area contributed by atoms with E-state index < -0.39 is 0 Å². The Balaban J connectivity index is 3.24. The molecule has 0 aliphatic heterocycles. The second-order valence-corrected chi connectivity index (χ2v) is 3.92. The van der Waals surface area contributed by atoms with E-state index >= 15 is 0 Å². The zero-order valence-electron chi connectivity index (χ0n) is 9.42. The van der Waals surface area contributed by atoms with Crippen LogP contribution in [-0.2, 0) is 19.3 Å². The van der Waals surface area contributed by atoms with Gasteiger partial charge in [-0.1, -0.05) is 32.5 Å². The van der Waals surface area contributed by atoms with Crippen molar-refractivity contribution in [2.24, 2.45) is 0 Å². The standard InChI is InChI=1S/C11H18N2S/c1-5-8-9(6-2)12-11(14-4)13-10(8)7-3/h5-7H2,1-4H3. The van der Waals surface area contributed by atoms with Crippen molar-refractivity contribution >= 4 is 11.8 Å². The SMILES string of the molecule is CCc1nc(SC)nc(CC)c1CC. The van der Waals surface area contributed by atoms with Crippen LogP contribution in [0.3, 0.4) is 0 Å². The molecule has 0 aliphatic carbocycles. The molecule has 0 saturated heterocycles. The zero-order valence-corrected chi connectivity index (χ0v) is 10.2. The van der Waals surface area contributed by atoms with Crippen LogP contribution in [-0.4, -0.2) is 16.2 Å². The molecule has 0 aromatic carbocycles. The lowest BCUT2D eigenvalue weighted by Gasteiger charge is -2.10. The third kappa shape index (κ3) is 2.27. The highest BCUT2D eigenvalue weighted by atomic mass is 32.2. The van der Waals surface area contributed by atoms with Crippen molar-refractivity contribution in [1.29, 1.82) is 0 Å². The highest BCUT2D eigenvalue weighted by molar-refractivity contribution is 7.98. The molecule has 0 aliphatic rings. The van der Waals surface area contributed by atoms with Crippen LogP contribution < -0.4 is 0 Å². The van der Waals surface area contributed by atoms with Gasteiger partial charge in [0, 0.05) is 11.4 Å².